The molecule has 0 saturated heterocycles. The Labute approximate surface area is 146 Å². The highest BCUT2D eigenvalue weighted by atomic mass is 32.2. The van der Waals surface area contributed by atoms with Crippen LogP contribution in [-0.4, -0.2) is 27.8 Å². The largest absolute Gasteiger partial charge is 0.452 e. The summed E-state index contributed by atoms with van der Waals surface area (Å²) in [5.74, 6) is 0.0561. The van der Waals surface area contributed by atoms with Gasteiger partial charge in [-0.15, -0.1) is 0 Å². The normalized spacial score (nSPS) is 11.3. The van der Waals surface area contributed by atoms with E-state index in [1.807, 2.05) is 32.0 Å². The van der Waals surface area contributed by atoms with Crippen LogP contribution in [0.15, 0.2) is 47.5 Å². The molecule has 0 unspecified atom stereocenters. The number of carbonyl (C=O) groups is 1. The fourth-order valence-electron chi connectivity index (χ4n) is 2.05. The van der Waals surface area contributed by atoms with Gasteiger partial charge in [-0.2, -0.15) is 13.1 Å². The number of para-hydroxylation sites is 1. The topological polar surface area (TPSA) is 94.1 Å². The smallest absolute Gasteiger partial charge is 0.423 e. The first-order valence-corrected chi connectivity index (χ1v) is 8.72. The molecule has 0 heterocycles. The molecular weight excluding hydrogens is 344 g/mol. The lowest BCUT2D eigenvalue weighted by Crippen LogP contribution is -2.33. The minimum Gasteiger partial charge on any atom is -0.452 e. The molecule has 0 spiro atoms. The average Bonchev–Trinajstić information content (AvgIpc) is 2.55. The number of nitrogens with zero attached hydrogens (tertiary/aromatic N) is 1. The Morgan fingerprint density at radius 1 is 1.08 bits per heavy atom. The average molecular weight is 362 g/mol. The van der Waals surface area contributed by atoms with Gasteiger partial charge in [0.25, 0.3) is 0 Å². The van der Waals surface area contributed by atoms with Crippen molar-refractivity contribution in [3.05, 3.63) is 59.2 Å². The summed E-state index contributed by atoms with van der Waals surface area (Å²) in [6.45, 7) is 3.96. The summed E-state index contributed by atoms with van der Waals surface area (Å²) in [5.41, 5.74) is 3.80. The molecule has 25 heavy (non-hydrogen) atoms. The lowest BCUT2D eigenvalue weighted by molar-refractivity contribution is 0.177. The second-order valence-electron chi connectivity index (χ2n) is 5.20. The van der Waals surface area contributed by atoms with Gasteiger partial charge in [0.2, 0.25) is 0 Å². The molecule has 8 heteroatoms. The van der Waals surface area contributed by atoms with Crippen molar-refractivity contribution in [2.24, 2.45) is 4.99 Å². The highest BCUT2D eigenvalue weighted by Crippen LogP contribution is 2.23. The van der Waals surface area contributed by atoms with Gasteiger partial charge >= 0.3 is 16.4 Å². The van der Waals surface area contributed by atoms with Crippen LogP contribution in [0.3, 0.4) is 0 Å². The first kappa shape index (κ1) is 18.5. The summed E-state index contributed by atoms with van der Waals surface area (Å²) < 4.78 is 33.7. The first-order chi connectivity index (χ1) is 11.8. The summed E-state index contributed by atoms with van der Waals surface area (Å²) in [6, 6.07) is 12.2. The zero-order valence-corrected chi connectivity index (χ0v) is 14.8. The van der Waals surface area contributed by atoms with E-state index in [2.05, 4.69) is 9.73 Å². The summed E-state index contributed by atoms with van der Waals surface area (Å²) in [6.07, 6.45) is 0.553. The van der Waals surface area contributed by atoms with Gasteiger partial charge in [0, 0.05) is 6.21 Å². The number of benzene rings is 2. The molecule has 0 atom stereocenters. The molecule has 2 aromatic carbocycles. The molecule has 0 aliphatic carbocycles. The third-order valence-corrected chi connectivity index (χ3v) is 4.09. The zero-order valence-electron chi connectivity index (χ0n) is 14.0. The van der Waals surface area contributed by atoms with E-state index in [9.17, 15) is 13.2 Å². The van der Waals surface area contributed by atoms with Crippen molar-refractivity contribution in [3.8, 4) is 5.75 Å². The minimum absolute atomic E-state index is 0.0561. The molecular formula is C17H18N2O5S. The SMILES string of the molecule is COC(=O)NS(=O)(=O)Oc1ccc(C=Nc2c(C)cccc2C)cc1. The number of rotatable bonds is 5. The standard InChI is InChI=1S/C17H18N2O5S/c1-12-5-4-6-13(2)16(12)18-11-14-7-9-15(10-8-14)24-25(21,22)19-17(20)23-3/h4-11H,1-3H3,(H,19,20). The molecule has 0 radical (unpaired) electrons. The summed E-state index contributed by atoms with van der Waals surface area (Å²) in [4.78, 5) is 15.4. The molecule has 0 aliphatic heterocycles. The zero-order chi connectivity index (χ0) is 18.4. The molecule has 2 aromatic rings. The molecule has 7 nitrogen and oxygen atoms in total. The van der Waals surface area contributed by atoms with Crippen molar-refractivity contribution in [1.82, 2.24) is 4.72 Å². The predicted molar refractivity (Wildman–Crippen MR) is 94.7 cm³/mol. The Morgan fingerprint density at radius 2 is 1.68 bits per heavy atom. The van der Waals surface area contributed by atoms with E-state index in [0.717, 1.165) is 29.5 Å². The van der Waals surface area contributed by atoms with E-state index in [0.29, 0.717) is 0 Å². The number of carbonyl (C=O) groups excluding carboxylic acids is 1. The van der Waals surface area contributed by atoms with Crippen molar-refractivity contribution in [2.75, 3.05) is 7.11 Å². The van der Waals surface area contributed by atoms with Gasteiger partial charge < -0.3 is 8.92 Å². The Kier molecular flexibility index (Phi) is 5.76. The third-order valence-electron chi connectivity index (χ3n) is 3.26. The van der Waals surface area contributed by atoms with Crippen LogP contribution in [-0.2, 0) is 15.0 Å². The summed E-state index contributed by atoms with van der Waals surface area (Å²) in [5, 5.41) is 0. The van der Waals surface area contributed by atoms with Crippen LogP contribution in [0, 0.1) is 13.8 Å². The summed E-state index contributed by atoms with van der Waals surface area (Å²) in [7, 11) is -3.23. The summed E-state index contributed by atoms with van der Waals surface area (Å²) >= 11 is 0. The number of ether oxygens (including phenoxy) is 1. The molecule has 1 amide bonds. The number of hydrogen-bond donors (Lipinski definition) is 1. The van der Waals surface area contributed by atoms with Crippen LogP contribution in [0.1, 0.15) is 16.7 Å². The number of methoxy groups -OCH3 is 1. The monoisotopic (exact) mass is 362 g/mol. The molecule has 1 N–H and O–H groups in total. The molecule has 2 rings (SSSR count). The van der Waals surface area contributed by atoms with E-state index < -0.39 is 16.4 Å². The maximum absolute atomic E-state index is 11.6. The van der Waals surface area contributed by atoms with Gasteiger partial charge in [-0.25, -0.2) is 4.79 Å². The lowest BCUT2D eigenvalue weighted by atomic mass is 10.1. The van der Waals surface area contributed by atoms with E-state index in [1.54, 1.807) is 23.1 Å². The van der Waals surface area contributed by atoms with Crippen LogP contribution < -0.4 is 8.91 Å². The quantitative estimate of drug-likeness (QED) is 0.825. The van der Waals surface area contributed by atoms with E-state index in [1.165, 1.54) is 12.1 Å². The second kappa shape index (κ2) is 7.80. The van der Waals surface area contributed by atoms with Crippen LogP contribution in [0.5, 0.6) is 5.75 Å². The highest BCUT2D eigenvalue weighted by Gasteiger charge is 2.16. The molecule has 0 aliphatic rings. The first-order valence-electron chi connectivity index (χ1n) is 7.31. The number of nitrogens with one attached hydrogen (secondary N) is 1. The second-order valence-corrected chi connectivity index (χ2v) is 6.48. The molecule has 0 bridgehead atoms. The number of aryl methyl sites for hydroxylation is 2. The Bertz CT molecular complexity index is 870. The Hall–Kier alpha value is -2.87. The number of hydrogen-bond acceptors (Lipinski definition) is 6. The number of aliphatic imine (C=N–C) groups is 1. The van der Waals surface area contributed by atoms with Crippen molar-refractivity contribution in [1.29, 1.82) is 0 Å². The van der Waals surface area contributed by atoms with Gasteiger partial charge in [0.05, 0.1) is 12.8 Å². The number of amides is 1. The van der Waals surface area contributed by atoms with Crippen molar-refractivity contribution in [3.63, 3.8) is 0 Å². The van der Waals surface area contributed by atoms with Crippen LogP contribution in [0.2, 0.25) is 0 Å². The predicted octanol–water partition coefficient (Wildman–Crippen LogP) is 3.03. The van der Waals surface area contributed by atoms with E-state index in [4.69, 9.17) is 4.18 Å². The van der Waals surface area contributed by atoms with Crippen LogP contribution in [0.4, 0.5) is 10.5 Å². The fourth-order valence-corrected chi connectivity index (χ4v) is 2.74. The van der Waals surface area contributed by atoms with Crippen molar-refractivity contribution >= 4 is 28.3 Å². The fraction of sp³-hybridized carbons (Fsp3) is 0.176. The molecule has 0 fully saturated rings. The van der Waals surface area contributed by atoms with Gasteiger partial charge in [0.15, 0.2) is 0 Å². The Morgan fingerprint density at radius 3 is 2.24 bits per heavy atom. The third kappa shape index (κ3) is 5.32. The lowest BCUT2D eigenvalue weighted by Gasteiger charge is -2.07. The van der Waals surface area contributed by atoms with Crippen molar-refractivity contribution < 1.29 is 22.1 Å². The van der Waals surface area contributed by atoms with Crippen molar-refractivity contribution in [2.45, 2.75) is 13.8 Å². The van der Waals surface area contributed by atoms with E-state index >= 15 is 0 Å². The van der Waals surface area contributed by atoms with Crippen LogP contribution in [0.25, 0.3) is 0 Å². The Balaban J connectivity index is 2.10. The molecule has 132 valence electrons. The minimum atomic E-state index is -4.28. The molecule has 0 aromatic heterocycles. The van der Waals surface area contributed by atoms with Gasteiger partial charge in [0.1, 0.15) is 5.75 Å². The van der Waals surface area contributed by atoms with Gasteiger partial charge in [-0.3, -0.25) is 4.99 Å². The van der Waals surface area contributed by atoms with Gasteiger partial charge in [-0.05, 0) is 54.8 Å². The maximum Gasteiger partial charge on any atom is 0.423 e. The molecule has 0 saturated carbocycles. The maximum atomic E-state index is 11.6. The highest BCUT2D eigenvalue weighted by molar-refractivity contribution is 7.85. The van der Waals surface area contributed by atoms with Gasteiger partial charge in [-0.1, -0.05) is 18.2 Å². The van der Waals surface area contributed by atoms with Crippen LogP contribution >= 0.6 is 0 Å². The van der Waals surface area contributed by atoms with E-state index in [-0.39, 0.29) is 5.75 Å².